The fraction of sp³-hybridized carbons (Fsp3) is 0.125. The maximum Gasteiger partial charge on any atom is 0.218 e. The van der Waals surface area contributed by atoms with Crippen molar-refractivity contribution < 1.29 is 4.79 Å². The van der Waals surface area contributed by atoms with Crippen molar-refractivity contribution in [3.8, 4) is 0 Å². The topological polar surface area (TPSA) is 56.0 Å². The van der Waals surface area contributed by atoms with Crippen LogP contribution >= 0.6 is 11.6 Å². The fourth-order valence-corrected chi connectivity index (χ4v) is 0.959. The van der Waals surface area contributed by atoms with Gasteiger partial charge in [-0.05, 0) is 11.6 Å². The number of carbonyl (C=O) groups is 1. The summed E-state index contributed by atoms with van der Waals surface area (Å²) < 4.78 is 0. The smallest absolute Gasteiger partial charge is 0.218 e. The van der Waals surface area contributed by atoms with Crippen molar-refractivity contribution >= 4 is 17.5 Å². The predicted octanol–water partition coefficient (Wildman–Crippen LogP) is 1.16. The molecule has 12 heavy (non-hydrogen) atoms. The standard InChI is InChI=1S/C8H8ClN2O/c9-7-5-11-4-3-6(7)1-2-8(10)12/h1,3-5H,2H2,(H2,10,12). The number of rotatable bonds is 3. The maximum absolute atomic E-state index is 10.4. The fourth-order valence-electron chi connectivity index (χ4n) is 0.762. The van der Waals surface area contributed by atoms with E-state index in [4.69, 9.17) is 17.3 Å². The highest BCUT2D eigenvalue weighted by Gasteiger charge is 2.01. The summed E-state index contributed by atoms with van der Waals surface area (Å²) in [5, 5.41) is 0.527. The monoisotopic (exact) mass is 183 g/mol. The van der Waals surface area contributed by atoms with E-state index >= 15 is 0 Å². The highest BCUT2D eigenvalue weighted by Crippen LogP contribution is 2.16. The SMILES string of the molecule is NC(=O)C[CH]c1ccncc1Cl. The average molecular weight is 184 g/mol. The van der Waals surface area contributed by atoms with Crippen LogP contribution in [0.3, 0.4) is 0 Å². The molecule has 0 aliphatic carbocycles. The molecule has 4 heteroatoms. The maximum atomic E-state index is 10.4. The summed E-state index contributed by atoms with van der Waals surface area (Å²) in [5.41, 5.74) is 5.74. The Bertz CT molecular complexity index is 288. The van der Waals surface area contributed by atoms with E-state index in [-0.39, 0.29) is 12.3 Å². The number of hydrogen-bond acceptors (Lipinski definition) is 2. The van der Waals surface area contributed by atoms with Gasteiger partial charge in [-0.15, -0.1) is 0 Å². The second-order valence-electron chi connectivity index (χ2n) is 2.27. The quantitative estimate of drug-likeness (QED) is 0.765. The first-order chi connectivity index (χ1) is 5.70. The molecule has 2 N–H and O–H groups in total. The first kappa shape index (κ1) is 9.00. The van der Waals surface area contributed by atoms with Gasteiger partial charge in [0.15, 0.2) is 0 Å². The molecule has 0 atom stereocenters. The van der Waals surface area contributed by atoms with Crippen molar-refractivity contribution in [2.24, 2.45) is 5.73 Å². The lowest BCUT2D eigenvalue weighted by Crippen LogP contribution is -2.10. The van der Waals surface area contributed by atoms with Gasteiger partial charge in [0.1, 0.15) is 0 Å². The molecule has 0 saturated carbocycles. The van der Waals surface area contributed by atoms with Crippen LogP contribution in [0.4, 0.5) is 0 Å². The van der Waals surface area contributed by atoms with Crippen molar-refractivity contribution in [1.29, 1.82) is 0 Å². The number of nitrogens with zero attached hydrogens (tertiary/aromatic N) is 1. The van der Waals surface area contributed by atoms with Crippen LogP contribution in [-0.2, 0) is 4.79 Å². The Balaban J connectivity index is 2.63. The molecule has 0 saturated heterocycles. The van der Waals surface area contributed by atoms with E-state index in [1.807, 2.05) is 0 Å². The third-order valence-corrected chi connectivity index (χ3v) is 1.64. The van der Waals surface area contributed by atoms with Gasteiger partial charge in [-0.1, -0.05) is 11.6 Å². The summed E-state index contributed by atoms with van der Waals surface area (Å²) in [6.07, 6.45) is 5.00. The van der Waals surface area contributed by atoms with E-state index in [9.17, 15) is 4.79 Å². The van der Waals surface area contributed by atoms with E-state index in [0.29, 0.717) is 5.02 Å². The van der Waals surface area contributed by atoms with Crippen molar-refractivity contribution in [2.75, 3.05) is 0 Å². The lowest BCUT2D eigenvalue weighted by molar-refractivity contribution is -0.117. The van der Waals surface area contributed by atoms with Gasteiger partial charge in [0.05, 0.1) is 5.02 Å². The second kappa shape index (κ2) is 4.07. The molecule has 1 aromatic rings. The summed E-state index contributed by atoms with van der Waals surface area (Å²) in [6.45, 7) is 0. The van der Waals surface area contributed by atoms with Crippen molar-refractivity contribution in [1.82, 2.24) is 4.98 Å². The lowest BCUT2D eigenvalue weighted by Gasteiger charge is -1.99. The Morgan fingerprint density at radius 2 is 2.50 bits per heavy atom. The zero-order chi connectivity index (χ0) is 8.97. The zero-order valence-electron chi connectivity index (χ0n) is 6.33. The zero-order valence-corrected chi connectivity index (χ0v) is 7.08. The van der Waals surface area contributed by atoms with Gasteiger partial charge in [-0.25, -0.2) is 0 Å². The van der Waals surface area contributed by atoms with Crippen molar-refractivity contribution in [3.05, 3.63) is 35.5 Å². The van der Waals surface area contributed by atoms with Gasteiger partial charge in [-0.2, -0.15) is 0 Å². The van der Waals surface area contributed by atoms with Gasteiger partial charge >= 0.3 is 0 Å². The Labute approximate surface area is 75.6 Å². The normalized spacial score (nSPS) is 9.75. The Morgan fingerprint density at radius 1 is 1.75 bits per heavy atom. The van der Waals surface area contributed by atoms with Crippen molar-refractivity contribution in [2.45, 2.75) is 6.42 Å². The summed E-state index contributed by atoms with van der Waals surface area (Å²) in [7, 11) is 0. The summed E-state index contributed by atoms with van der Waals surface area (Å²) in [6, 6.07) is 1.73. The molecule has 0 aliphatic heterocycles. The summed E-state index contributed by atoms with van der Waals surface area (Å²) >= 11 is 5.76. The van der Waals surface area contributed by atoms with Gasteiger partial charge in [-0.3, -0.25) is 9.78 Å². The minimum Gasteiger partial charge on any atom is -0.370 e. The average Bonchev–Trinajstić information content (AvgIpc) is 2.03. The molecule has 1 radical (unpaired) electrons. The van der Waals surface area contributed by atoms with Crippen molar-refractivity contribution in [3.63, 3.8) is 0 Å². The molecule has 0 bridgehead atoms. The van der Waals surface area contributed by atoms with E-state index in [2.05, 4.69) is 4.98 Å². The van der Waals surface area contributed by atoms with Crippen LogP contribution in [0.2, 0.25) is 5.02 Å². The number of amides is 1. The molecule has 1 heterocycles. The van der Waals surface area contributed by atoms with Gasteiger partial charge in [0, 0.05) is 25.2 Å². The van der Waals surface area contributed by atoms with Crippen LogP contribution in [0.15, 0.2) is 18.5 Å². The number of nitrogens with two attached hydrogens (primary N) is 1. The summed E-state index contributed by atoms with van der Waals surface area (Å²) in [4.78, 5) is 14.2. The first-order valence-electron chi connectivity index (χ1n) is 3.41. The molecule has 0 aromatic carbocycles. The number of carbonyl (C=O) groups excluding carboxylic acids is 1. The molecule has 0 aliphatic rings. The minimum atomic E-state index is -0.372. The first-order valence-corrected chi connectivity index (χ1v) is 3.79. The largest absolute Gasteiger partial charge is 0.370 e. The molecule has 0 fully saturated rings. The number of pyridine rings is 1. The number of hydrogen-bond donors (Lipinski definition) is 1. The highest BCUT2D eigenvalue weighted by molar-refractivity contribution is 6.31. The minimum absolute atomic E-state index is 0.198. The molecule has 63 valence electrons. The van der Waals surface area contributed by atoms with E-state index in [1.54, 1.807) is 18.7 Å². The second-order valence-corrected chi connectivity index (χ2v) is 2.68. The van der Waals surface area contributed by atoms with Gasteiger partial charge in [0.2, 0.25) is 5.91 Å². The third kappa shape index (κ3) is 2.51. The van der Waals surface area contributed by atoms with Crippen LogP contribution in [0.5, 0.6) is 0 Å². The Hall–Kier alpha value is -1.09. The molecular weight excluding hydrogens is 176 g/mol. The molecule has 3 nitrogen and oxygen atoms in total. The van der Waals surface area contributed by atoms with Crippen LogP contribution in [0.1, 0.15) is 12.0 Å². The van der Waals surface area contributed by atoms with E-state index < -0.39 is 0 Å². The highest BCUT2D eigenvalue weighted by atomic mass is 35.5. The molecule has 1 rings (SSSR count). The Morgan fingerprint density at radius 3 is 3.08 bits per heavy atom. The molecule has 1 aromatic heterocycles. The lowest BCUT2D eigenvalue weighted by atomic mass is 10.1. The number of aromatic nitrogens is 1. The van der Waals surface area contributed by atoms with E-state index in [0.717, 1.165) is 5.56 Å². The van der Waals surface area contributed by atoms with Gasteiger partial charge in [0.25, 0.3) is 0 Å². The van der Waals surface area contributed by atoms with Crippen LogP contribution in [-0.4, -0.2) is 10.9 Å². The number of halogens is 1. The van der Waals surface area contributed by atoms with Crippen LogP contribution in [0, 0.1) is 6.42 Å². The van der Waals surface area contributed by atoms with Gasteiger partial charge < -0.3 is 5.73 Å². The molecule has 0 unspecified atom stereocenters. The molecule has 0 spiro atoms. The predicted molar refractivity (Wildman–Crippen MR) is 46.5 cm³/mol. The third-order valence-electron chi connectivity index (χ3n) is 1.33. The van der Waals surface area contributed by atoms with Crippen LogP contribution < -0.4 is 5.73 Å². The Kier molecular flexibility index (Phi) is 3.05. The molecular formula is C8H8ClN2O. The van der Waals surface area contributed by atoms with Crippen LogP contribution in [0.25, 0.3) is 0 Å². The number of primary amides is 1. The molecule has 1 amide bonds. The summed E-state index contributed by atoms with van der Waals surface area (Å²) in [5.74, 6) is -0.372. The van der Waals surface area contributed by atoms with E-state index in [1.165, 1.54) is 6.20 Å².